The molecule has 0 radical (unpaired) electrons. The average molecular weight is 187 g/mol. The molecule has 0 aliphatic heterocycles. The second kappa shape index (κ2) is 5.58. The molecule has 3 atom stereocenters. The molecule has 0 heterocycles. The van der Waals surface area contributed by atoms with E-state index in [9.17, 15) is 0 Å². The van der Waals surface area contributed by atoms with Gasteiger partial charge in [-0.25, -0.2) is 0 Å². The maximum Gasteiger partial charge on any atom is 0.0895 e. The molecule has 2 unspecified atom stereocenters. The largest absolute Gasteiger partial charge is 0.394 e. The van der Waals surface area contributed by atoms with Crippen LogP contribution in [0, 0.1) is 5.92 Å². The van der Waals surface area contributed by atoms with Crippen molar-refractivity contribution in [3.05, 3.63) is 0 Å². The fraction of sp³-hybridized carbons (Fsp3) is 1.00. The molecule has 0 amide bonds. The van der Waals surface area contributed by atoms with E-state index in [1.165, 1.54) is 25.7 Å². The third-order valence-electron chi connectivity index (χ3n) is 2.79. The molecular weight excluding hydrogens is 166 g/mol. The Bertz CT molecular complexity index is 141. The highest BCUT2D eigenvalue weighted by molar-refractivity contribution is 4.76. The topological polar surface area (TPSA) is 52.5 Å². The van der Waals surface area contributed by atoms with Crippen LogP contribution in [0.25, 0.3) is 0 Å². The van der Waals surface area contributed by atoms with Crippen LogP contribution in [0.2, 0.25) is 0 Å². The van der Waals surface area contributed by atoms with E-state index in [2.05, 4.69) is 12.2 Å². The third kappa shape index (κ3) is 4.07. The normalized spacial score (nSPS) is 31.6. The number of aliphatic hydroxyl groups is 2. The molecule has 3 N–H and O–H groups in total. The van der Waals surface area contributed by atoms with Crippen LogP contribution in [-0.4, -0.2) is 35.5 Å². The molecule has 0 bridgehead atoms. The summed E-state index contributed by atoms with van der Waals surface area (Å²) in [6, 6.07) is 0.546. The van der Waals surface area contributed by atoms with Gasteiger partial charge in [-0.3, -0.25) is 0 Å². The molecule has 0 aromatic heterocycles. The number of hydrogen-bond donors (Lipinski definition) is 3. The van der Waals surface area contributed by atoms with E-state index >= 15 is 0 Å². The molecule has 0 spiro atoms. The Morgan fingerprint density at radius 2 is 2.23 bits per heavy atom. The quantitative estimate of drug-likeness (QED) is 0.601. The summed E-state index contributed by atoms with van der Waals surface area (Å²) >= 11 is 0. The van der Waals surface area contributed by atoms with Crippen LogP contribution in [-0.2, 0) is 0 Å². The molecule has 78 valence electrons. The van der Waals surface area contributed by atoms with E-state index < -0.39 is 6.10 Å². The number of aliphatic hydroxyl groups excluding tert-OH is 2. The first-order valence-corrected chi connectivity index (χ1v) is 5.24. The zero-order valence-corrected chi connectivity index (χ0v) is 8.37. The lowest BCUT2D eigenvalue weighted by Crippen LogP contribution is -2.39. The molecule has 0 saturated heterocycles. The molecule has 0 aromatic carbocycles. The van der Waals surface area contributed by atoms with Crippen molar-refractivity contribution in [2.45, 2.75) is 44.8 Å². The zero-order chi connectivity index (χ0) is 9.68. The average Bonchev–Trinajstić information content (AvgIpc) is 2.14. The highest BCUT2D eigenvalue weighted by atomic mass is 16.3. The Labute approximate surface area is 80.2 Å². The van der Waals surface area contributed by atoms with E-state index in [1.54, 1.807) is 0 Å². The second-order valence-corrected chi connectivity index (χ2v) is 4.21. The van der Waals surface area contributed by atoms with Crippen LogP contribution in [0.15, 0.2) is 0 Å². The van der Waals surface area contributed by atoms with Gasteiger partial charge >= 0.3 is 0 Å². The van der Waals surface area contributed by atoms with Gasteiger partial charge in [0.1, 0.15) is 0 Å². The lowest BCUT2D eigenvalue weighted by Gasteiger charge is -2.28. The summed E-state index contributed by atoms with van der Waals surface area (Å²) in [5.41, 5.74) is 0. The highest BCUT2D eigenvalue weighted by Gasteiger charge is 2.18. The molecular formula is C10H21NO2. The molecule has 1 saturated carbocycles. The molecule has 3 heteroatoms. The van der Waals surface area contributed by atoms with Gasteiger partial charge in [0.15, 0.2) is 0 Å². The van der Waals surface area contributed by atoms with Crippen molar-refractivity contribution in [3.8, 4) is 0 Å². The van der Waals surface area contributed by atoms with E-state index in [0.717, 1.165) is 5.92 Å². The minimum atomic E-state index is -0.600. The van der Waals surface area contributed by atoms with Crippen LogP contribution < -0.4 is 5.32 Å². The SMILES string of the molecule is CC1CCCC(NC[C@H](O)CO)C1. The lowest BCUT2D eigenvalue weighted by molar-refractivity contribution is 0.0893. The second-order valence-electron chi connectivity index (χ2n) is 4.21. The van der Waals surface area contributed by atoms with Crippen molar-refractivity contribution in [1.82, 2.24) is 5.32 Å². The molecule has 1 aliphatic carbocycles. The van der Waals surface area contributed by atoms with Crippen molar-refractivity contribution in [1.29, 1.82) is 0 Å². The van der Waals surface area contributed by atoms with Gasteiger partial charge in [-0.05, 0) is 18.8 Å². The Morgan fingerprint density at radius 3 is 2.85 bits per heavy atom. The number of hydrogen-bond acceptors (Lipinski definition) is 3. The summed E-state index contributed by atoms with van der Waals surface area (Å²) in [5.74, 6) is 0.803. The minimum absolute atomic E-state index is 0.144. The van der Waals surface area contributed by atoms with E-state index in [1.807, 2.05) is 0 Å². The standard InChI is InChI=1S/C10H21NO2/c1-8-3-2-4-9(5-8)11-6-10(13)7-12/h8-13H,2-7H2,1H3/t8?,9?,10-/m0/s1. The van der Waals surface area contributed by atoms with Crippen LogP contribution in [0.1, 0.15) is 32.6 Å². The molecule has 0 aromatic rings. The van der Waals surface area contributed by atoms with E-state index in [0.29, 0.717) is 12.6 Å². The zero-order valence-electron chi connectivity index (χ0n) is 8.37. The molecule has 1 fully saturated rings. The monoisotopic (exact) mass is 187 g/mol. The van der Waals surface area contributed by atoms with E-state index in [-0.39, 0.29) is 6.61 Å². The molecule has 13 heavy (non-hydrogen) atoms. The minimum Gasteiger partial charge on any atom is -0.394 e. The first-order chi connectivity index (χ1) is 6.22. The van der Waals surface area contributed by atoms with Gasteiger partial charge in [-0.15, -0.1) is 0 Å². The van der Waals surface area contributed by atoms with Crippen LogP contribution in [0.4, 0.5) is 0 Å². The molecule has 1 aliphatic rings. The lowest BCUT2D eigenvalue weighted by atomic mass is 9.87. The van der Waals surface area contributed by atoms with Crippen molar-refractivity contribution >= 4 is 0 Å². The summed E-state index contributed by atoms with van der Waals surface area (Å²) in [6.45, 7) is 2.65. The summed E-state index contributed by atoms with van der Waals surface area (Å²) in [5, 5.41) is 21.1. The van der Waals surface area contributed by atoms with Gasteiger partial charge < -0.3 is 15.5 Å². The van der Waals surface area contributed by atoms with Crippen LogP contribution in [0.3, 0.4) is 0 Å². The molecule has 3 nitrogen and oxygen atoms in total. The number of rotatable bonds is 4. The Balaban J connectivity index is 2.13. The van der Waals surface area contributed by atoms with Crippen LogP contribution >= 0.6 is 0 Å². The Hall–Kier alpha value is -0.120. The highest BCUT2D eigenvalue weighted by Crippen LogP contribution is 2.23. The fourth-order valence-electron chi connectivity index (χ4n) is 1.99. The Morgan fingerprint density at radius 1 is 1.46 bits per heavy atom. The van der Waals surface area contributed by atoms with Crippen molar-refractivity contribution in [3.63, 3.8) is 0 Å². The molecule has 1 rings (SSSR count). The first kappa shape index (κ1) is 11.0. The first-order valence-electron chi connectivity index (χ1n) is 5.24. The third-order valence-corrected chi connectivity index (χ3v) is 2.79. The maximum absolute atomic E-state index is 9.14. The summed E-state index contributed by atoms with van der Waals surface area (Å²) < 4.78 is 0. The van der Waals surface area contributed by atoms with Crippen molar-refractivity contribution in [2.24, 2.45) is 5.92 Å². The van der Waals surface area contributed by atoms with Crippen molar-refractivity contribution < 1.29 is 10.2 Å². The van der Waals surface area contributed by atoms with Gasteiger partial charge in [0.2, 0.25) is 0 Å². The Kier molecular flexibility index (Phi) is 4.70. The summed E-state index contributed by atoms with van der Waals surface area (Å²) in [7, 11) is 0. The van der Waals surface area contributed by atoms with Gasteiger partial charge in [0.25, 0.3) is 0 Å². The maximum atomic E-state index is 9.14. The smallest absolute Gasteiger partial charge is 0.0895 e. The summed E-state index contributed by atoms with van der Waals surface area (Å²) in [4.78, 5) is 0. The predicted octanol–water partition coefficient (Wildman–Crippen LogP) is 0.508. The van der Waals surface area contributed by atoms with Crippen LogP contribution in [0.5, 0.6) is 0 Å². The van der Waals surface area contributed by atoms with Gasteiger partial charge in [-0.2, -0.15) is 0 Å². The number of nitrogens with one attached hydrogen (secondary N) is 1. The predicted molar refractivity (Wildman–Crippen MR) is 52.5 cm³/mol. The van der Waals surface area contributed by atoms with Gasteiger partial charge in [-0.1, -0.05) is 19.8 Å². The van der Waals surface area contributed by atoms with Gasteiger partial charge in [0, 0.05) is 12.6 Å². The van der Waals surface area contributed by atoms with E-state index in [4.69, 9.17) is 10.2 Å². The summed E-state index contributed by atoms with van der Waals surface area (Å²) in [6.07, 6.45) is 4.44. The van der Waals surface area contributed by atoms with Gasteiger partial charge in [0.05, 0.1) is 12.7 Å². The van der Waals surface area contributed by atoms with Crippen molar-refractivity contribution in [2.75, 3.05) is 13.2 Å². The fourth-order valence-corrected chi connectivity index (χ4v) is 1.99.